The topological polar surface area (TPSA) is 60.0 Å². The van der Waals surface area contributed by atoms with Gasteiger partial charge in [-0.1, -0.05) is 0 Å². The number of aromatic nitrogens is 3. The highest BCUT2D eigenvalue weighted by Crippen LogP contribution is 2.25. The SMILES string of the molecule is CC(Cn1cncc1-c1cnccc1N)N1CCCC1. The third-order valence-corrected chi connectivity index (χ3v) is 4.07. The number of rotatable bonds is 4. The minimum absolute atomic E-state index is 0.517. The molecule has 1 saturated heterocycles. The molecule has 1 unspecified atom stereocenters. The smallest absolute Gasteiger partial charge is 0.0951 e. The lowest BCUT2D eigenvalue weighted by Crippen LogP contribution is -2.33. The third kappa shape index (κ3) is 2.54. The van der Waals surface area contributed by atoms with Crippen LogP contribution in [0.15, 0.2) is 31.0 Å². The molecule has 0 bridgehead atoms. The van der Waals surface area contributed by atoms with Gasteiger partial charge in [-0.05, 0) is 38.9 Å². The van der Waals surface area contributed by atoms with E-state index in [1.54, 1.807) is 6.20 Å². The lowest BCUT2D eigenvalue weighted by molar-refractivity contribution is 0.236. The van der Waals surface area contributed by atoms with Crippen molar-refractivity contribution in [1.82, 2.24) is 19.4 Å². The lowest BCUT2D eigenvalue weighted by Gasteiger charge is -2.24. The van der Waals surface area contributed by atoms with Crippen molar-refractivity contribution in [2.75, 3.05) is 18.8 Å². The molecular formula is C15H21N5. The van der Waals surface area contributed by atoms with Gasteiger partial charge in [0.25, 0.3) is 0 Å². The van der Waals surface area contributed by atoms with Gasteiger partial charge in [0, 0.05) is 36.2 Å². The summed E-state index contributed by atoms with van der Waals surface area (Å²) in [6, 6.07) is 2.35. The first-order valence-corrected chi connectivity index (χ1v) is 7.20. The number of anilines is 1. The minimum atomic E-state index is 0.517. The molecule has 0 saturated carbocycles. The highest BCUT2D eigenvalue weighted by atomic mass is 15.2. The van der Waals surface area contributed by atoms with Crippen LogP contribution in [0.1, 0.15) is 19.8 Å². The Morgan fingerprint density at radius 3 is 2.80 bits per heavy atom. The van der Waals surface area contributed by atoms with E-state index in [0.29, 0.717) is 6.04 Å². The van der Waals surface area contributed by atoms with E-state index in [1.165, 1.54) is 25.9 Å². The number of hydrogen-bond donors (Lipinski definition) is 1. The number of nitrogens with two attached hydrogens (primary N) is 1. The van der Waals surface area contributed by atoms with Gasteiger partial charge in [-0.2, -0.15) is 0 Å². The van der Waals surface area contributed by atoms with Crippen LogP contribution in [-0.4, -0.2) is 38.6 Å². The van der Waals surface area contributed by atoms with Gasteiger partial charge in [0.2, 0.25) is 0 Å². The van der Waals surface area contributed by atoms with E-state index in [9.17, 15) is 0 Å². The maximum Gasteiger partial charge on any atom is 0.0951 e. The zero-order valence-electron chi connectivity index (χ0n) is 11.9. The second-order valence-corrected chi connectivity index (χ2v) is 5.49. The molecule has 0 aliphatic carbocycles. The summed E-state index contributed by atoms with van der Waals surface area (Å²) in [5, 5.41) is 0. The van der Waals surface area contributed by atoms with Crippen LogP contribution in [0.25, 0.3) is 11.3 Å². The van der Waals surface area contributed by atoms with Crippen molar-refractivity contribution >= 4 is 5.69 Å². The second-order valence-electron chi connectivity index (χ2n) is 5.49. The molecule has 2 aromatic heterocycles. The van der Waals surface area contributed by atoms with Crippen molar-refractivity contribution in [2.45, 2.75) is 32.4 Å². The van der Waals surface area contributed by atoms with Crippen LogP contribution in [-0.2, 0) is 6.54 Å². The molecule has 20 heavy (non-hydrogen) atoms. The summed E-state index contributed by atoms with van der Waals surface area (Å²) in [6.45, 7) is 5.63. The zero-order valence-corrected chi connectivity index (χ0v) is 11.9. The normalized spacial score (nSPS) is 17.4. The highest BCUT2D eigenvalue weighted by molar-refractivity contribution is 5.72. The molecule has 1 aliphatic heterocycles. The molecule has 0 spiro atoms. The number of imidazole rings is 1. The van der Waals surface area contributed by atoms with E-state index in [4.69, 9.17) is 5.73 Å². The van der Waals surface area contributed by atoms with E-state index in [0.717, 1.165) is 23.5 Å². The summed E-state index contributed by atoms with van der Waals surface area (Å²) in [5.41, 5.74) is 8.79. The average molecular weight is 271 g/mol. The summed E-state index contributed by atoms with van der Waals surface area (Å²) in [7, 11) is 0. The molecule has 1 atom stereocenters. The molecule has 2 aromatic rings. The third-order valence-electron chi connectivity index (χ3n) is 4.07. The fraction of sp³-hybridized carbons (Fsp3) is 0.467. The maximum atomic E-state index is 6.04. The Labute approximate surface area is 119 Å². The molecule has 5 nitrogen and oxygen atoms in total. The lowest BCUT2D eigenvalue weighted by atomic mass is 10.2. The number of likely N-dealkylation sites (tertiary alicyclic amines) is 1. The van der Waals surface area contributed by atoms with Gasteiger partial charge in [0.15, 0.2) is 0 Å². The summed E-state index contributed by atoms with van der Waals surface area (Å²) in [5.74, 6) is 0. The number of hydrogen-bond acceptors (Lipinski definition) is 4. The molecule has 1 fully saturated rings. The zero-order chi connectivity index (χ0) is 13.9. The van der Waals surface area contributed by atoms with Gasteiger partial charge in [-0.3, -0.25) is 9.88 Å². The monoisotopic (exact) mass is 271 g/mol. The highest BCUT2D eigenvalue weighted by Gasteiger charge is 2.19. The molecule has 3 rings (SSSR count). The van der Waals surface area contributed by atoms with E-state index in [1.807, 2.05) is 24.8 Å². The van der Waals surface area contributed by atoms with Gasteiger partial charge in [0.05, 0.1) is 18.2 Å². The van der Waals surface area contributed by atoms with Crippen molar-refractivity contribution < 1.29 is 0 Å². The Morgan fingerprint density at radius 2 is 2.05 bits per heavy atom. The van der Waals surface area contributed by atoms with Gasteiger partial charge in [0.1, 0.15) is 0 Å². The Balaban J connectivity index is 1.81. The van der Waals surface area contributed by atoms with Gasteiger partial charge < -0.3 is 10.3 Å². The van der Waals surface area contributed by atoms with Crippen LogP contribution in [0.5, 0.6) is 0 Å². The molecule has 2 N–H and O–H groups in total. The Bertz CT molecular complexity index is 571. The molecule has 0 amide bonds. The number of nitrogen functional groups attached to an aromatic ring is 1. The average Bonchev–Trinajstić information content (AvgIpc) is 3.10. The largest absolute Gasteiger partial charge is 0.398 e. The van der Waals surface area contributed by atoms with E-state index < -0.39 is 0 Å². The Morgan fingerprint density at radius 1 is 1.25 bits per heavy atom. The minimum Gasteiger partial charge on any atom is -0.398 e. The fourth-order valence-electron chi connectivity index (χ4n) is 2.89. The molecule has 0 radical (unpaired) electrons. The molecule has 5 heteroatoms. The van der Waals surface area contributed by atoms with Crippen LogP contribution in [0.4, 0.5) is 5.69 Å². The van der Waals surface area contributed by atoms with Gasteiger partial charge >= 0.3 is 0 Å². The standard InChI is InChI=1S/C15H21N5/c1-12(19-6-2-3-7-19)10-20-11-18-9-15(20)13-8-17-5-4-14(13)16/h4-5,8-9,11-12H,2-3,6-7,10H2,1H3,(H2,16,17). The predicted molar refractivity (Wildman–Crippen MR) is 80.1 cm³/mol. The Hall–Kier alpha value is -1.88. The van der Waals surface area contributed by atoms with Crippen LogP contribution in [0.2, 0.25) is 0 Å². The van der Waals surface area contributed by atoms with Crippen molar-refractivity contribution in [3.8, 4) is 11.3 Å². The van der Waals surface area contributed by atoms with Crippen molar-refractivity contribution in [3.63, 3.8) is 0 Å². The first-order valence-electron chi connectivity index (χ1n) is 7.20. The van der Waals surface area contributed by atoms with E-state index >= 15 is 0 Å². The molecular weight excluding hydrogens is 250 g/mol. The maximum absolute atomic E-state index is 6.04. The molecule has 3 heterocycles. The molecule has 1 aliphatic rings. The summed E-state index contributed by atoms with van der Waals surface area (Å²) < 4.78 is 2.18. The van der Waals surface area contributed by atoms with Crippen molar-refractivity contribution in [3.05, 3.63) is 31.0 Å². The van der Waals surface area contributed by atoms with E-state index in [-0.39, 0.29) is 0 Å². The first-order chi connectivity index (χ1) is 9.75. The van der Waals surface area contributed by atoms with Crippen LogP contribution >= 0.6 is 0 Å². The summed E-state index contributed by atoms with van der Waals surface area (Å²) >= 11 is 0. The fourth-order valence-corrected chi connectivity index (χ4v) is 2.89. The van der Waals surface area contributed by atoms with E-state index in [2.05, 4.69) is 26.4 Å². The van der Waals surface area contributed by atoms with Crippen molar-refractivity contribution in [2.24, 2.45) is 0 Å². The second kappa shape index (κ2) is 5.63. The molecule has 106 valence electrons. The van der Waals surface area contributed by atoms with Gasteiger partial charge in [-0.15, -0.1) is 0 Å². The van der Waals surface area contributed by atoms with Crippen LogP contribution < -0.4 is 5.73 Å². The summed E-state index contributed by atoms with van der Waals surface area (Å²) in [6.07, 6.45) is 9.90. The predicted octanol–water partition coefficient (Wildman–Crippen LogP) is 2.01. The quantitative estimate of drug-likeness (QED) is 0.924. The van der Waals surface area contributed by atoms with Crippen LogP contribution in [0, 0.1) is 0 Å². The molecule has 0 aromatic carbocycles. The first kappa shape index (κ1) is 13.1. The summed E-state index contributed by atoms with van der Waals surface area (Å²) in [4.78, 5) is 11.0. The van der Waals surface area contributed by atoms with Gasteiger partial charge in [-0.25, -0.2) is 4.98 Å². The van der Waals surface area contributed by atoms with Crippen LogP contribution in [0.3, 0.4) is 0 Å². The van der Waals surface area contributed by atoms with Crippen molar-refractivity contribution in [1.29, 1.82) is 0 Å². The Kier molecular flexibility index (Phi) is 3.69. The number of pyridine rings is 1. The number of nitrogens with zero attached hydrogens (tertiary/aromatic N) is 4.